The standard InChI is InChI=1S/C32H42FN7O10/c1-3-48-32(47)50-37-16-17-38(21(2)19-37)31(46)23(11-12-28(42)43)35-29(44)24-18-27(40(36-24)22-8-5-4-6-9-22)49-20-26(41)39-15-7-10-25(39)30(45)34-14-13-33/h4-6,8-9,18,21,23,25H,3,7,10-17,19-20H2,1-2H3,(H,34,45)(H,35,44)(H,42,43)/t21-,23+,25+/m1/s1. The molecule has 3 heterocycles. The number of hydrogen-bond acceptors (Lipinski definition) is 11. The van der Waals surface area contributed by atoms with Gasteiger partial charge < -0.3 is 39.9 Å². The molecule has 4 amide bonds. The number of carbonyl (C=O) groups is 6. The minimum atomic E-state index is -1.23. The van der Waals surface area contributed by atoms with Crippen LogP contribution in [0.4, 0.5) is 9.18 Å². The van der Waals surface area contributed by atoms with E-state index in [1.165, 1.54) is 25.6 Å². The highest BCUT2D eigenvalue weighted by atomic mass is 19.1. The summed E-state index contributed by atoms with van der Waals surface area (Å²) in [5, 5.41) is 20.2. The summed E-state index contributed by atoms with van der Waals surface area (Å²) in [5.74, 6) is -3.39. The van der Waals surface area contributed by atoms with Gasteiger partial charge in [0.2, 0.25) is 17.7 Å². The van der Waals surface area contributed by atoms with Crippen LogP contribution in [0.5, 0.6) is 5.88 Å². The Labute approximate surface area is 287 Å². The summed E-state index contributed by atoms with van der Waals surface area (Å²) in [7, 11) is 0. The summed E-state index contributed by atoms with van der Waals surface area (Å²) in [4.78, 5) is 84.0. The van der Waals surface area contributed by atoms with E-state index < -0.39 is 73.6 Å². The lowest BCUT2D eigenvalue weighted by molar-refractivity contribution is -0.166. The van der Waals surface area contributed by atoms with Crippen molar-refractivity contribution >= 4 is 35.8 Å². The van der Waals surface area contributed by atoms with Crippen LogP contribution in [0.2, 0.25) is 0 Å². The average molecular weight is 704 g/mol. The molecule has 1 aromatic heterocycles. The van der Waals surface area contributed by atoms with Crippen LogP contribution in [-0.2, 0) is 28.8 Å². The maximum atomic E-state index is 13.7. The third-order valence-corrected chi connectivity index (χ3v) is 8.11. The van der Waals surface area contributed by atoms with E-state index in [0.717, 1.165) is 0 Å². The number of likely N-dealkylation sites (tertiary alicyclic amines) is 1. The molecule has 2 aliphatic heterocycles. The topological polar surface area (TPSA) is 202 Å². The third kappa shape index (κ3) is 9.90. The number of carboxylic acids is 1. The van der Waals surface area contributed by atoms with E-state index in [1.54, 1.807) is 44.2 Å². The summed E-state index contributed by atoms with van der Waals surface area (Å²) >= 11 is 0. The SMILES string of the molecule is CCOC(=O)ON1CCN(C(=O)[C@H](CCC(=O)O)NC(=O)c2cc(OCC(=O)N3CCC[C@H]3C(=O)NCCF)n(-c3ccccc3)n2)[C@H](C)C1. The molecule has 1 aromatic carbocycles. The Morgan fingerprint density at radius 3 is 2.52 bits per heavy atom. The molecule has 50 heavy (non-hydrogen) atoms. The molecule has 0 radical (unpaired) electrons. The van der Waals surface area contributed by atoms with Crippen molar-refractivity contribution in [3.8, 4) is 11.6 Å². The van der Waals surface area contributed by atoms with Gasteiger partial charge in [0.15, 0.2) is 12.3 Å². The van der Waals surface area contributed by atoms with Crippen LogP contribution < -0.4 is 15.4 Å². The van der Waals surface area contributed by atoms with Crippen molar-refractivity contribution in [2.75, 3.05) is 52.6 Å². The second-order valence-electron chi connectivity index (χ2n) is 11.6. The second kappa shape index (κ2) is 17.9. The lowest BCUT2D eigenvalue weighted by atomic mass is 10.1. The van der Waals surface area contributed by atoms with Crippen molar-refractivity contribution in [2.45, 2.75) is 57.7 Å². The molecule has 18 heteroatoms. The minimum absolute atomic E-state index is 0.0204. The van der Waals surface area contributed by atoms with E-state index >= 15 is 0 Å². The molecule has 0 aliphatic carbocycles. The zero-order valence-electron chi connectivity index (χ0n) is 27.9. The molecule has 3 atom stereocenters. The van der Waals surface area contributed by atoms with Crippen LogP contribution in [0.1, 0.15) is 50.0 Å². The van der Waals surface area contributed by atoms with E-state index in [2.05, 4.69) is 15.7 Å². The van der Waals surface area contributed by atoms with Gasteiger partial charge in [-0.1, -0.05) is 18.2 Å². The van der Waals surface area contributed by atoms with Crippen LogP contribution in [0.3, 0.4) is 0 Å². The van der Waals surface area contributed by atoms with E-state index in [9.17, 15) is 38.3 Å². The average Bonchev–Trinajstić information content (AvgIpc) is 3.76. The number of amides is 4. The van der Waals surface area contributed by atoms with Gasteiger partial charge in [0.25, 0.3) is 11.8 Å². The number of para-hydroxylation sites is 1. The Morgan fingerprint density at radius 1 is 1.08 bits per heavy atom. The van der Waals surface area contributed by atoms with Crippen molar-refractivity contribution in [3.05, 3.63) is 42.1 Å². The molecule has 2 aliphatic rings. The molecular weight excluding hydrogens is 661 g/mol. The molecule has 0 spiro atoms. The second-order valence-corrected chi connectivity index (χ2v) is 11.6. The first kappa shape index (κ1) is 37.6. The molecule has 3 N–H and O–H groups in total. The Bertz CT molecular complexity index is 1520. The minimum Gasteiger partial charge on any atom is -0.481 e. The van der Waals surface area contributed by atoms with Crippen LogP contribution in [0, 0.1) is 0 Å². The number of nitrogens with zero attached hydrogens (tertiary/aromatic N) is 5. The first-order valence-electron chi connectivity index (χ1n) is 16.4. The largest absolute Gasteiger partial charge is 0.527 e. The predicted octanol–water partition coefficient (Wildman–Crippen LogP) is 0.912. The van der Waals surface area contributed by atoms with E-state index in [4.69, 9.17) is 14.3 Å². The smallest absolute Gasteiger partial charge is 0.481 e. The quantitative estimate of drug-likeness (QED) is 0.222. The Balaban J connectivity index is 1.48. The third-order valence-electron chi connectivity index (χ3n) is 8.11. The molecule has 2 aromatic rings. The maximum absolute atomic E-state index is 13.7. The zero-order valence-corrected chi connectivity index (χ0v) is 27.9. The monoisotopic (exact) mass is 703 g/mol. The number of nitrogens with one attached hydrogen (secondary N) is 2. The lowest BCUT2D eigenvalue weighted by Gasteiger charge is -2.39. The van der Waals surface area contributed by atoms with Crippen molar-refractivity contribution in [1.82, 2.24) is 35.3 Å². The maximum Gasteiger partial charge on any atom is 0.527 e. The molecule has 0 saturated carbocycles. The molecule has 2 fully saturated rings. The predicted molar refractivity (Wildman–Crippen MR) is 172 cm³/mol. The normalized spacial score (nSPS) is 18.2. The van der Waals surface area contributed by atoms with Crippen LogP contribution >= 0.6 is 0 Å². The molecule has 17 nitrogen and oxygen atoms in total. The fourth-order valence-electron chi connectivity index (χ4n) is 5.72. The van der Waals surface area contributed by atoms with Gasteiger partial charge in [0.1, 0.15) is 18.8 Å². The number of ether oxygens (including phenoxy) is 2. The van der Waals surface area contributed by atoms with Gasteiger partial charge in [-0.2, -0.15) is 5.10 Å². The van der Waals surface area contributed by atoms with Gasteiger partial charge in [-0.05, 0) is 45.2 Å². The number of halogens is 1. The summed E-state index contributed by atoms with van der Waals surface area (Å²) in [6.45, 7) is 2.89. The number of benzene rings is 1. The fourth-order valence-corrected chi connectivity index (χ4v) is 5.72. The first-order valence-corrected chi connectivity index (χ1v) is 16.4. The Kier molecular flexibility index (Phi) is 13.5. The number of hydrogen-bond donors (Lipinski definition) is 3. The number of carboxylic acid groups (broad SMARTS) is 1. The van der Waals surface area contributed by atoms with E-state index in [1.807, 2.05) is 0 Å². The highest BCUT2D eigenvalue weighted by Gasteiger charge is 2.36. The molecular formula is C32H42FN7O10. The molecule has 2 saturated heterocycles. The summed E-state index contributed by atoms with van der Waals surface area (Å²) in [5.41, 5.74) is 0.323. The number of piperazine rings is 1. The van der Waals surface area contributed by atoms with Crippen molar-refractivity contribution in [1.29, 1.82) is 0 Å². The number of carbonyl (C=O) groups excluding carboxylic acids is 5. The molecule has 0 unspecified atom stereocenters. The van der Waals surface area contributed by atoms with Gasteiger partial charge in [0.05, 0.1) is 25.4 Å². The highest BCUT2D eigenvalue weighted by molar-refractivity contribution is 5.96. The van der Waals surface area contributed by atoms with Gasteiger partial charge in [-0.15, -0.1) is 5.06 Å². The van der Waals surface area contributed by atoms with Crippen molar-refractivity contribution < 1.29 is 52.6 Å². The van der Waals surface area contributed by atoms with Crippen LogP contribution in [-0.4, -0.2) is 136 Å². The van der Waals surface area contributed by atoms with Crippen molar-refractivity contribution in [3.63, 3.8) is 0 Å². The number of aliphatic carboxylic acids is 1. The summed E-state index contributed by atoms with van der Waals surface area (Å²) in [6.07, 6.45) is -0.475. The highest BCUT2D eigenvalue weighted by Crippen LogP contribution is 2.22. The Morgan fingerprint density at radius 2 is 1.84 bits per heavy atom. The first-order chi connectivity index (χ1) is 24.0. The lowest BCUT2D eigenvalue weighted by Crippen LogP contribution is -2.59. The van der Waals surface area contributed by atoms with Crippen LogP contribution in [0.15, 0.2) is 36.4 Å². The summed E-state index contributed by atoms with van der Waals surface area (Å²) in [6, 6.07) is 7.46. The van der Waals surface area contributed by atoms with Gasteiger partial charge >= 0.3 is 12.1 Å². The number of rotatable bonds is 15. The molecule has 272 valence electrons. The van der Waals surface area contributed by atoms with Gasteiger partial charge in [-0.25, -0.2) is 13.9 Å². The molecule has 4 rings (SSSR count). The fraction of sp³-hybridized carbons (Fsp3) is 0.531. The van der Waals surface area contributed by atoms with E-state index in [-0.39, 0.29) is 50.8 Å². The number of hydroxylamine groups is 2. The van der Waals surface area contributed by atoms with Gasteiger partial charge in [-0.3, -0.25) is 24.0 Å². The number of alkyl halides is 1. The summed E-state index contributed by atoms with van der Waals surface area (Å²) < 4.78 is 24.5. The molecule has 0 bridgehead atoms. The van der Waals surface area contributed by atoms with Crippen molar-refractivity contribution in [2.24, 2.45) is 0 Å². The van der Waals surface area contributed by atoms with Gasteiger partial charge in [0, 0.05) is 38.2 Å². The Hall–Kier alpha value is -5.26. The van der Waals surface area contributed by atoms with Crippen LogP contribution in [0.25, 0.3) is 5.69 Å². The zero-order chi connectivity index (χ0) is 36.2. The van der Waals surface area contributed by atoms with E-state index in [0.29, 0.717) is 25.1 Å². The number of aromatic nitrogens is 2.